The van der Waals surface area contributed by atoms with Crippen LogP contribution in [0.4, 0.5) is 5.69 Å². The molecule has 106 valence electrons. The third kappa shape index (κ3) is 2.48. The Kier molecular flexibility index (Phi) is 3.14. The van der Waals surface area contributed by atoms with Crippen LogP contribution in [-0.4, -0.2) is 18.1 Å². The van der Waals surface area contributed by atoms with Gasteiger partial charge in [-0.25, -0.2) is 0 Å². The summed E-state index contributed by atoms with van der Waals surface area (Å²) in [7, 11) is 1.67. The number of hydrogen-bond acceptors (Lipinski definition) is 3. The second kappa shape index (κ2) is 4.98. The van der Waals surface area contributed by atoms with Crippen LogP contribution in [0.2, 0.25) is 0 Å². The summed E-state index contributed by atoms with van der Waals surface area (Å²) >= 11 is 0. The highest BCUT2D eigenvalue weighted by Crippen LogP contribution is 2.24. The Morgan fingerprint density at radius 1 is 1.10 bits per heavy atom. The number of carbonyl (C=O) groups is 1. The highest BCUT2D eigenvalue weighted by molar-refractivity contribution is 6.06. The van der Waals surface area contributed by atoms with E-state index in [0.717, 1.165) is 10.9 Å². The zero-order valence-electron chi connectivity index (χ0n) is 11.8. The number of furan rings is 1. The van der Waals surface area contributed by atoms with Crippen LogP contribution in [0.3, 0.4) is 0 Å². The van der Waals surface area contributed by atoms with Gasteiger partial charge in [-0.2, -0.15) is 0 Å². The monoisotopic (exact) mass is 281 g/mol. The van der Waals surface area contributed by atoms with Gasteiger partial charge in [-0.3, -0.25) is 4.79 Å². The van der Waals surface area contributed by atoms with Crippen LogP contribution >= 0.6 is 0 Å². The lowest BCUT2D eigenvalue weighted by Crippen LogP contribution is -2.25. The number of fused-ring (bicyclic) bond motifs is 1. The molecule has 1 aromatic heterocycles. The van der Waals surface area contributed by atoms with Crippen molar-refractivity contribution >= 4 is 22.6 Å². The van der Waals surface area contributed by atoms with E-state index in [4.69, 9.17) is 4.42 Å². The van der Waals surface area contributed by atoms with Crippen LogP contribution in [0.25, 0.3) is 11.0 Å². The lowest BCUT2D eigenvalue weighted by molar-refractivity contribution is 0.0968. The minimum absolute atomic E-state index is 0.166. The Labute approximate surface area is 122 Å². The highest BCUT2D eigenvalue weighted by atomic mass is 16.3. The Hall–Kier alpha value is -2.75. The topological polar surface area (TPSA) is 53.7 Å². The van der Waals surface area contributed by atoms with E-state index in [9.17, 15) is 9.90 Å². The van der Waals surface area contributed by atoms with Crippen LogP contribution in [0.1, 0.15) is 16.1 Å². The minimum atomic E-state index is -0.227. The molecule has 3 aromatic rings. The minimum Gasteiger partial charge on any atom is -0.508 e. The number of anilines is 1. The first-order valence-corrected chi connectivity index (χ1v) is 6.62. The fraction of sp³-hybridized carbons (Fsp3) is 0.118. The first-order valence-electron chi connectivity index (χ1n) is 6.62. The van der Waals surface area contributed by atoms with Gasteiger partial charge in [0.2, 0.25) is 0 Å². The Morgan fingerprint density at radius 3 is 2.52 bits per heavy atom. The van der Waals surface area contributed by atoms with Crippen LogP contribution in [-0.2, 0) is 0 Å². The fourth-order valence-corrected chi connectivity index (χ4v) is 2.23. The third-order valence-corrected chi connectivity index (χ3v) is 3.42. The van der Waals surface area contributed by atoms with E-state index in [1.54, 1.807) is 37.4 Å². The number of carbonyl (C=O) groups excluding carboxylic acids is 1. The molecule has 0 spiro atoms. The van der Waals surface area contributed by atoms with Gasteiger partial charge < -0.3 is 14.4 Å². The molecule has 3 rings (SSSR count). The molecule has 0 bridgehead atoms. The van der Waals surface area contributed by atoms with Gasteiger partial charge in [0.1, 0.15) is 11.3 Å². The van der Waals surface area contributed by atoms with E-state index in [1.165, 1.54) is 4.90 Å². The van der Waals surface area contributed by atoms with E-state index < -0.39 is 0 Å². The third-order valence-electron chi connectivity index (χ3n) is 3.42. The predicted molar refractivity (Wildman–Crippen MR) is 81.8 cm³/mol. The first kappa shape index (κ1) is 13.2. The van der Waals surface area contributed by atoms with Crippen molar-refractivity contribution in [3.63, 3.8) is 0 Å². The number of hydrogen-bond donors (Lipinski definition) is 1. The lowest BCUT2D eigenvalue weighted by Gasteiger charge is -2.15. The molecule has 0 radical (unpaired) electrons. The number of aromatic hydroxyl groups is 1. The van der Waals surface area contributed by atoms with Crippen molar-refractivity contribution in [2.45, 2.75) is 6.92 Å². The van der Waals surface area contributed by atoms with E-state index in [-0.39, 0.29) is 11.7 Å². The molecular weight excluding hydrogens is 266 g/mol. The number of amides is 1. The van der Waals surface area contributed by atoms with Crippen molar-refractivity contribution in [3.05, 3.63) is 59.9 Å². The molecule has 0 atom stereocenters. The molecule has 1 heterocycles. The molecule has 0 saturated heterocycles. The standard InChI is InChI=1S/C17H15NO3/c1-11-3-8-15-12(9-11)10-16(21-15)17(20)18(2)13-4-6-14(19)7-5-13/h3-10,19H,1-2H3. The summed E-state index contributed by atoms with van der Waals surface area (Å²) in [6.45, 7) is 2.00. The maximum atomic E-state index is 12.5. The number of nitrogens with zero attached hydrogens (tertiary/aromatic N) is 1. The number of phenols is 1. The molecule has 0 aliphatic carbocycles. The predicted octanol–water partition coefficient (Wildman–Crippen LogP) is 3.72. The molecule has 0 unspecified atom stereocenters. The average molecular weight is 281 g/mol. The summed E-state index contributed by atoms with van der Waals surface area (Å²) in [6.07, 6.45) is 0. The van der Waals surface area contributed by atoms with Gasteiger partial charge in [0, 0.05) is 18.1 Å². The van der Waals surface area contributed by atoms with E-state index >= 15 is 0 Å². The molecular formula is C17H15NO3. The second-order valence-corrected chi connectivity index (χ2v) is 5.03. The largest absolute Gasteiger partial charge is 0.508 e. The number of aryl methyl sites for hydroxylation is 1. The number of phenolic OH excluding ortho intramolecular Hbond substituents is 1. The molecule has 4 heteroatoms. The molecule has 0 saturated carbocycles. The molecule has 1 N–H and O–H groups in total. The molecule has 21 heavy (non-hydrogen) atoms. The van der Waals surface area contributed by atoms with Gasteiger partial charge in [0.25, 0.3) is 5.91 Å². The summed E-state index contributed by atoms with van der Waals surface area (Å²) in [5.74, 6) is 0.236. The smallest absolute Gasteiger partial charge is 0.293 e. The molecule has 4 nitrogen and oxygen atoms in total. The van der Waals surface area contributed by atoms with E-state index in [1.807, 2.05) is 25.1 Å². The Balaban J connectivity index is 1.94. The van der Waals surface area contributed by atoms with E-state index in [0.29, 0.717) is 17.0 Å². The van der Waals surface area contributed by atoms with Crippen molar-refractivity contribution in [1.29, 1.82) is 0 Å². The zero-order chi connectivity index (χ0) is 15.0. The first-order chi connectivity index (χ1) is 10.0. The van der Waals surface area contributed by atoms with E-state index in [2.05, 4.69) is 0 Å². The lowest BCUT2D eigenvalue weighted by atomic mass is 10.2. The van der Waals surface area contributed by atoms with Crippen molar-refractivity contribution in [1.82, 2.24) is 0 Å². The summed E-state index contributed by atoms with van der Waals surface area (Å²) in [4.78, 5) is 13.9. The average Bonchev–Trinajstić information content (AvgIpc) is 2.89. The van der Waals surface area contributed by atoms with Gasteiger partial charge in [0.05, 0.1) is 0 Å². The Morgan fingerprint density at radius 2 is 1.81 bits per heavy atom. The normalized spacial score (nSPS) is 10.8. The SMILES string of the molecule is Cc1ccc2oc(C(=O)N(C)c3ccc(O)cc3)cc2c1. The van der Waals surface area contributed by atoms with Crippen LogP contribution in [0, 0.1) is 6.92 Å². The summed E-state index contributed by atoms with van der Waals surface area (Å²) in [5, 5.41) is 10.2. The van der Waals surface area contributed by atoms with Gasteiger partial charge in [-0.1, -0.05) is 11.6 Å². The van der Waals surface area contributed by atoms with Gasteiger partial charge in [-0.05, 0) is 49.4 Å². The second-order valence-electron chi connectivity index (χ2n) is 5.03. The number of benzene rings is 2. The molecule has 2 aromatic carbocycles. The van der Waals surface area contributed by atoms with Crippen molar-refractivity contribution < 1.29 is 14.3 Å². The van der Waals surface area contributed by atoms with Crippen LogP contribution in [0.5, 0.6) is 5.75 Å². The molecule has 0 aliphatic heterocycles. The van der Waals surface area contributed by atoms with Crippen LogP contribution < -0.4 is 4.90 Å². The zero-order valence-corrected chi connectivity index (χ0v) is 11.8. The van der Waals surface area contributed by atoms with Crippen molar-refractivity contribution in [2.24, 2.45) is 0 Å². The van der Waals surface area contributed by atoms with Crippen molar-refractivity contribution in [3.8, 4) is 5.75 Å². The van der Waals surface area contributed by atoms with Gasteiger partial charge >= 0.3 is 0 Å². The van der Waals surface area contributed by atoms with Crippen LogP contribution in [0.15, 0.2) is 52.9 Å². The maximum Gasteiger partial charge on any atom is 0.293 e. The maximum absolute atomic E-state index is 12.5. The summed E-state index contributed by atoms with van der Waals surface area (Å²) < 4.78 is 5.61. The van der Waals surface area contributed by atoms with Gasteiger partial charge in [-0.15, -0.1) is 0 Å². The Bertz CT molecular complexity index is 803. The highest BCUT2D eigenvalue weighted by Gasteiger charge is 2.18. The quantitative estimate of drug-likeness (QED) is 0.778. The van der Waals surface area contributed by atoms with Gasteiger partial charge in [0.15, 0.2) is 5.76 Å². The summed E-state index contributed by atoms with van der Waals surface area (Å²) in [5.41, 5.74) is 2.51. The molecule has 1 amide bonds. The number of rotatable bonds is 2. The van der Waals surface area contributed by atoms with Crippen molar-refractivity contribution in [2.75, 3.05) is 11.9 Å². The fourth-order valence-electron chi connectivity index (χ4n) is 2.23. The molecule has 0 aliphatic rings. The molecule has 0 fully saturated rings. The summed E-state index contributed by atoms with van der Waals surface area (Å²) in [6, 6.07) is 14.0.